The Morgan fingerprint density at radius 3 is 2.89 bits per heavy atom. The lowest BCUT2D eigenvalue weighted by Crippen LogP contribution is -2.14. The van der Waals surface area contributed by atoms with Crippen LogP contribution in [0, 0.1) is 12.8 Å². The number of aromatic nitrogens is 3. The van der Waals surface area contributed by atoms with Gasteiger partial charge in [0.1, 0.15) is 0 Å². The van der Waals surface area contributed by atoms with Crippen LogP contribution >= 0.6 is 11.8 Å². The van der Waals surface area contributed by atoms with E-state index in [0.29, 0.717) is 29.5 Å². The highest BCUT2D eigenvalue weighted by Crippen LogP contribution is 2.30. The van der Waals surface area contributed by atoms with Crippen molar-refractivity contribution >= 4 is 38.3 Å². The molecule has 0 saturated carbocycles. The van der Waals surface area contributed by atoms with Crippen molar-refractivity contribution in [1.29, 1.82) is 0 Å². The Balaban J connectivity index is 1.45. The number of Topliss-reactive ketones (excluding diaryl/α,β-unsaturated/α-hetero) is 1. The van der Waals surface area contributed by atoms with Crippen LogP contribution in [0.2, 0.25) is 0 Å². The molecule has 7 nitrogen and oxygen atoms in total. The van der Waals surface area contributed by atoms with Gasteiger partial charge in [0, 0.05) is 28.6 Å². The van der Waals surface area contributed by atoms with Crippen molar-refractivity contribution in [3.8, 4) is 0 Å². The second-order valence-electron chi connectivity index (χ2n) is 7.23. The Bertz CT molecular complexity index is 1130. The van der Waals surface area contributed by atoms with E-state index in [4.69, 9.17) is 4.42 Å². The van der Waals surface area contributed by atoms with Crippen LogP contribution in [-0.4, -0.2) is 46.1 Å². The molecule has 28 heavy (non-hydrogen) atoms. The maximum Gasteiger partial charge on any atom is 0.277 e. The molecule has 2 atom stereocenters. The first-order chi connectivity index (χ1) is 13.3. The van der Waals surface area contributed by atoms with Gasteiger partial charge in [-0.3, -0.25) is 4.79 Å². The minimum Gasteiger partial charge on any atom is -0.416 e. The number of H-pyrrole nitrogens is 1. The third kappa shape index (κ3) is 3.86. The van der Waals surface area contributed by atoms with Crippen LogP contribution in [0.25, 0.3) is 10.9 Å². The molecule has 3 heterocycles. The number of carbonyl (C=O) groups is 1. The van der Waals surface area contributed by atoms with E-state index in [0.717, 1.165) is 16.6 Å². The molecule has 2 aromatic heterocycles. The first-order valence-electron chi connectivity index (χ1n) is 9.13. The maximum absolute atomic E-state index is 13.0. The Labute approximate surface area is 167 Å². The standard InChI is InChI=1S/C19H21N3O4S2/c1-11-17(14-5-3-4-6-15(14)20-11)18(23)12(2)27-19-22-21-16(26-19)9-13-7-8-28(24,25)10-13/h3-6,12-13,20H,7-10H2,1-2H3. The monoisotopic (exact) mass is 419 g/mol. The minimum atomic E-state index is -2.93. The largest absolute Gasteiger partial charge is 0.416 e. The van der Waals surface area contributed by atoms with Gasteiger partial charge in [0.25, 0.3) is 5.22 Å². The summed E-state index contributed by atoms with van der Waals surface area (Å²) in [5, 5.41) is 8.89. The summed E-state index contributed by atoms with van der Waals surface area (Å²) in [5.74, 6) is 0.848. The number of ketones is 1. The number of aryl methyl sites for hydroxylation is 1. The van der Waals surface area contributed by atoms with Gasteiger partial charge in [-0.15, -0.1) is 10.2 Å². The van der Waals surface area contributed by atoms with Gasteiger partial charge in [-0.1, -0.05) is 30.0 Å². The molecule has 148 valence electrons. The van der Waals surface area contributed by atoms with E-state index < -0.39 is 15.1 Å². The lowest BCUT2D eigenvalue weighted by Gasteiger charge is -2.08. The van der Waals surface area contributed by atoms with Crippen LogP contribution < -0.4 is 0 Å². The minimum absolute atomic E-state index is 0.00147. The molecule has 0 bridgehead atoms. The fourth-order valence-corrected chi connectivity index (χ4v) is 6.27. The summed E-state index contributed by atoms with van der Waals surface area (Å²) < 4.78 is 28.8. The first-order valence-corrected chi connectivity index (χ1v) is 11.8. The molecule has 1 aromatic carbocycles. The van der Waals surface area contributed by atoms with Gasteiger partial charge < -0.3 is 9.40 Å². The molecule has 1 fully saturated rings. The van der Waals surface area contributed by atoms with Crippen LogP contribution in [0.15, 0.2) is 33.9 Å². The third-order valence-electron chi connectivity index (χ3n) is 5.03. The fourth-order valence-electron chi connectivity index (χ4n) is 3.65. The van der Waals surface area contributed by atoms with Gasteiger partial charge in [-0.25, -0.2) is 8.42 Å². The van der Waals surface area contributed by atoms with Gasteiger partial charge in [0.2, 0.25) is 5.89 Å². The van der Waals surface area contributed by atoms with E-state index in [1.165, 1.54) is 11.8 Å². The van der Waals surface area contributed by atoms with Gasteiger partial charge >= 0.3 is 0 Å². The van der Waals surface area contributed by atoms with E-state index in [-0.39, 0.29) is 23.2 Å². The van der Waals surface area contributed by atoms with E-state index in [2.05, 4.69) is 15.2 Å². The van der Waals surface area contributed by atoms with Crippen molar-refractivity contribution < 1.29 is 17.6 Å². The average molecular weight is 420 g/mol. The first kappa shape index (κ1) is 19.2. The molecule has 0 aliphatic carbocycles. The van der Waals surface area contributed by atoms with Crippen molar-refractivity contribution in [2.24, 2.45) is 5.92 Å². The summed E-state index contributed by atoms with van der Waals surface area (Å²) in [4.78, 5) is 16.3. The highest BCUT2D eigenvalue weighted by atomic mass is 32.2. The number of benzene rings is 1. The quantitative estimate of drug-likeness (QED) is 0.483. The molecule has 0 radical (unpaired) electrons. The molecule has 3 aromatic rings. The molecular weight excluding hydrogens is 398 g/mol. The number of hydrogen-bond acceptors (Lipinski definition) is 7. The molecule has 4 rings (SSSR count). The van der Waals surface area contributed by atoms with Gasteiger partial charge in [0.05, 0.1) is 16.8 Å². The van der Waals surface area contributed by atoms with Gasteiger partial charge in [-0.05, 0) is 32.3 Å². The lowest BCUT2D eigenvalue weighted by atomic mass is 10.1. The number of nitrogens with one attached hydrogen (secondary N) is 1. The number of aromatic amines is 1. The topological polar surface area (TPSA) is 106 Å². The van der Waals surface area contributed by atoms with Crippen LogP contribution in [0.4, 0.5) is 0 Å². The van der Waals surface area contributed by atoms with E-state index >= 15 is 0 Å². The molecule has 0 spiro atoms. The predicted molar refractivity (Wildman–Crippen MR) is 107 cm³/mol. The molecule has 1 N–H and O–H groups in total. The number of nitrogens with zero attached hydrogens (tertiary/aromatic N) is 2. The zero-order chi connectivity index (χ0) is 19.9. The average Bonchev–Trinajstić information content (AvgIpc) is 3.31. The van der Waals surface area contributed by atoms with Crippen LogP contribution in [-0.2, 0) is 16.3 Å². The summed E-state index contributed by atoms with van der Waals surface area (Å²) >= 11 is 1.22. The SMILES string of the molecule is Cc1[nH]c2ccccc2c1C(=O)C(C)Sc1nnc(CC2CCS(=O)(=O)C2)o1. The predicted octanol–water partition coefficient (Wildman–Crippen LogP) is 3.20. The normalized spacial score (nSPS) is 19.9. The van der Waals surface area contributed by atoms with Crippen molar-refractivity contribution in [3.63, 3.8) is 0 Å². The van der Waals surface area contributed by atoms with Crippen molar-refractivity contribution in [1.82, 2.24) is 15.2 Å². The summed E-state index contributed by atoms with van der Waals surface area (Å²) in [7, 11) is -2.93. The summed E-state index contributed by atoms with van der Waals surface area (Å²) in [6.07, 6.45) is 1.08. The number of thioether (sulfide) groups is 1. The molecular formula is C19H21N3O4S2. The fraction of sp³-hybridized carbons (Fsp3) is 0.421. The zero-order valence-electron chi connectivity index (χ0n) is 15.6. The molecule has 1 saturated heterocycles. The Kier molecular flexibility index (Phi) is 5.05. The zero-order valence-corrected chi connectivity index (χ0v) is 17.3. The smallest absolute Gasteiger partial charge is 0.277 e. The summed E-state index contributed by atoms with van der Waals surface area (Å²) in [6, 6.07) is 7.73. The van der Waals surface area contributed by atoms with E-state index in [1.807, 2.05) is 38.1 Å². The lowest BCUT2D eigenvalue weighted by molar-refractivity contribution is 0.0994. The summed E-state index contributed by atoms with van der Waals surface area (Å²) in [6.45, 7) is 3.71. The van der Waals surface area contributed by atoms with Crippen LogP contribution in [0.5, 0.6) is 0 Å². The molecule has 0 amide bonds. The second kappa shape index (κ2) is 7.36. The van der Waals surface area contributed by atoms with Crippen LogP contribution in [0.1, 0.15) is 35.3 Å². The van der Waals surface area contributed by atoms with Crippen molar-refractivity contribution in [2.45, 2.75) is 37.2 Å². The second-order valence-corrected chi connectivity index (χ2v) is 10.8. The molecule has 9 heteroatoms. The van der Waals surface area contributed by atoms with Gasteiger partial charge in [-0.2, -0.15) is 0 Å². The van der Waals surface area contributed by atoms with Crippen molar-refractivity contribution in [3.05, 3.63) is 41.4 Å². The number of carbonyl (C=O) groups excluding carboxylic acids is 1. The third-order valence-corrected chi connectivity index (χ3v) is 7.80. The van der Waals surface area contributed by atoms with Crippen LogP contribution in [0.3, 0.4) is 0 Å². The Hall–Kier alpha value is -2.13. The number of hydrogen-bond donors (Lipinski definition) is 1. The van der Waals surface area contributed by atoms with Crippen molar-refractivity contribution in [2.75, 3.05) is 11.5 Å². The number of para-hydroxylation sites is 1. The molecule has 1 aliphatic heterocycles. The Morgan fingerprint density at radius 2 is 2.14 bits per heavy atom. The van der Waals surface area contributed by atoms with E-state index in [9.17, 15) is 13.2 Å². The highest BCUT2D eigenvalue weighted by Gasteiger charge is 2.30. The van der Waals surface area contributed by atoms with E-state index in [1.54, 1.807) is 0 Å². The molecule has 1 aliphatic rings. The number of fused-ring (bicyclic) bond motifs is 1. The summed E-state index contributed by atoms with van der Waals surface area (Å²) in [5.41, 5.74) is 2.46. The highest BCUT2D eigenvalue weighted by molar-refractivity contribution is 8.00. The maximum atomic E-state index is 13.0. The Morgan fingerprint density at radius 1 is 1.36 bits per heavy atom. The number of sulfone groups is 1. The molecule has 2 unspecified atom stereocenters. The number of rotatable bonds is 6. The van der Waals surface area contributed by atoms with Gasteiger partial charge in [0.15, 0.2) is 15.6 Å².